The molecule has 1 atom stereocenters. The van der Waals surface area contributed by atoms with Crippen LogP contribution in [0.25, 0.3) is 0 Å². The van der Waals surface area contributed by atoms with E-state index in [-0.39, 0.29) is 23.6 Å². The molecule has 1 saturated heterocycles. The van der Waals surface area contributed by atoms with Crippen LogP contribution in [0.5, 0.6) is 0 Å². The quantitative estimate of drug-likeness (QED) is 0.794. The minimum Gasteiger partial charge on any atom is -0.445 e. The Balaban J connectivity index is 1.60. The molecule has 0 radical (unpaired) electrons. The Morgan fingerprint density at radius 1 is 1.35 bits per heavy atom. The molecule has 1 aromatic carbocycles. The SMILES string of the molecule is CCCC(=O)Nc1cccc(CNC(=O)c2ncoc2C2CCCO2)c1. The lowest BCUT2D eigenvalue weighted by Crippen LogP contribution is -2.24. The van der Waals surface area contributed by atoms with Gasteiger partial charge in [-0.3, -0.25) is 9.59 Å². The van der Waals surface area contributed by atoms with Crippen molar-refractivity contribution in [3.63, 3.8) is 0 Å². The number of rotatable bonds is 7. The fourth-order valence-corrected chi connectivity index (χ4v) is 2.91. The molecule has 2 heterocycles. The third-order valence-corrected chi connectivity index (χ3v) is 4.17. The Bertz CT molecular complexity index is 766. The first-order chi connectivity index (χ1) is 12.7. The molecule has 2 aromatic rings. The number of carbonyl (C=O) groups excluding carboxylic acids is 2. The van der Waals surface area contributed by atoms with Crippen molar-refractivity contribution in [3.05, 3.63) is 47.7 Å². The van der Waals surface area contributed by atoms with Crippen molar-refractivity contribution < 1.29 is 18.7 Å². The summed E-state index contributed by atoms with van der Waals surface area (Å²) in [6, 6.07) is 7.40. The number of hydrogen-bond acceptors (Lipinski definition) is 5. The molecular formula is C19H23N3O4. The van der Waals surface area contributed by atoms with Gasteiger partial charge in [-0.15, -0.1) is 0 Å². The monoisotopic (exact) mass is 357 g/mol. The Morgan fingerprint density at radius 2 is 2.23 bits per heavy atom. The van der Waals surface area contributed by atoms with Crippen molar-refractivity contribution >= 4 is 17.5 Å². The normalized spacial score (nSPS) is 16.4. The minimum absolute atomic E-state index is 0.0162. The number of aromatic nitrogens is 1. The summed E-state index contributed by atoms with van der Waals surface area (Å²) in [7, 11) is 0. The van der Waals surface area contributed by atoms with Gasteiger partial charge >= 0.3 is 0 Å². The van der Waals surface area contributed by atoms with Crippen LogP contribution in [-0.2, 0) is 16.1 Å². The fraction of sp³-hybridized carbons (Fsp3) is 0.421. The van der Waals surface area contributed by atoms with Gasteiger partial charge in [0, 0.05) is 25.3 Å². The summed E-state index contributed by atoms with van der Waals surface area (Å²) in [5, 5.41) is 5.69. The van der Waals surface area contributed by atoms with E-state index in [9.17, 15) is 9.59 Å². The maximum Gasteiger partial charge on any atom is 0.273 e. The first-order valence-electron chi connectivity index (χ1n) is 8.89. The van der Waals surface area contributed by atoms with Gasteiger partial charge in [0.2, 0.25) is 5.91 Å². The molecular weight excluding hydrogens is 334 g/mol. The van der Waals surface area contributed by atoms with E-state index in [0.29, 0.717) is 25.3 Å². The molecule has 1 fully saturated rings. The Hall–Kier alpha value is -2.67. The molecule has 138 valence electrons. The molecule has 7 heteroatoms. The van der Waals surface area contributed by atoms with Crippen LogP contribution in [0.3, 0.4) is 0 Å². The molecule has 2 N–H and O–H groups in total. The highest BCUT2D eigenvalue weighted by atomic mass is 16.5. The zero-order chi connectivity index (χ0) is 18.4. The van der Waals surface area contributed by atoms with E-state index in [4.69, 9.17) is 9.15 Å². The van der Waals surface area contributed by atoms with Crippen LogP contribution in [0.4, 0.5) is 5.69 Å². The molecule has 2 amide bonds. The van der Waals surface area contributed by atoms with Crippen LogP contribution >= 0.6 is 0 Å². The number of amides is 2. The summed E-state index contributed by atoms with van der Waals surface area (Å²) in [5.74, 6) is 0.169. The van der Waals surface area contributed by atoms with E-state index >= 15 is 0 Å². The lowest BCUT2D eigenvalue weighted by atomic mass is 10.1. The minimum atomic E-state index is -0.301. The van der Waals surface area contributed by atoms with Crippen molar-refractivity contribution in [2.75, 3.05) is 11.9 Å². The van der Waals surface area contributed by atoms with Gasteiger partial charge in [-0.25, -0.2) is 4.98 Å². The number of anilines is 1. The van der Waals surface area contributed by atoms with Gasteiger partial charge in [-0.2, -0.15) is 0 Å². The molecule has 0 spiro atoms. The van der Waals surface area contributed by atoms with Crippen LogP contribution < -0.4 is 10.6 Å². The number of ether oxygens (including phenoxy) is 1. The van der Waals surface area contributed by atoms with E-state index < -0.39 is 0 Å². The van der Waals surface area contributed by atoms with Gasteiger partial charge in [0.25, 0.3) is 5.91 Å². The van der Waals surface area contributed by atoms with Gasteiger partial charge in [0.1, 0.15) is 6.10 Å². The van der Waals surface area contributed by atoms with Crippen LogP contribution in [-0.4, -0.2) is 23.4 Å². The molecule has 1 unspecified atom stereocenters. The average Bonchev–Trinajstić information content (AvgIpc) is 3.31. The highest BCUT2D eigenvalue weighted by Crippen LogP contribution is 2.30. The number of carbonyl (C=O) groups is 2. The third kappa shape index (κ3) is 4.49. The molecule has 3 rings (SSSR count). The van der Waals surface area contributed by atoms with E-state index in [0.717, 1.165) is 30.5 Å². The van der Waals surface area contributed by atoms with Crippen molar-refractivity contribution in [1.29, 1.82) is 0 Å². The number of oxazole rings is 1. The fourth-order valence-electron chi connectivity index (χ4n) is 2.91. The second-order valence-electron chi connectivity index (χ2n) is 6.25. The van der Waals surface area contributed by atoms with Gasteiger partial charge in [-0.1, -0.05) is 19.1 Å². The topological polar surface area (TPSA) is 93.5 Å². The van der Waals surface area contributed by atoms with E-state index in [2.05, 4.69) is 15.6 Å². The Morgan fingerprint density at radius 3 is 3.00 bits per heavy atom. The van der Waals surface area contributed by atoms with Gasteiger partial charge in [0.05, 0.1) is 0 Å². The lowest BCUT2D eigenvalue weighted by Gasteiger charge is -2.10. The van der Waals surface area contributed by atoms with Crippen LogP contribution in [0.2, 0.25) is 0 Å². The van der Waals surface area contributed by atoms with E-state index in [1.807, 2.05) is 31.2 Å². The lowest BCUT2D eigenvalue weighted by molar-refractivity contribution is -0.116. The first-order valence-corrected chi connectivity index (χ1v) is 8.89. The van der Waals surface area contributed by atoms with Crippen LogP contribution in [0.1, 0.15) is 60.5 Å². The van der Waals surface area contributed by atoms with Gasteiger partial charge in [0.15, 0.2) is 17.8 Å². The standard InChI is InChI=1S/C19H23N3O4/c1-2-5-16(23)22-14-7-3-6-13(10-14)11-20-19(24)17-18(26-12-21-17)15-8-4-9-25-15/h3,6-7,10,12,15H,2,4-5,8-9,11H2,1H3,(H,20,24)(H,22,23). The molecule has 1 aromatic heterocycles. The Labute approximate surface area is 152 Å². The summed E-state index contributed by atoms with van der Waals surface area (Å²) < 4.78 is 10.9. The number of nitrogens with one attached hydrogen (secondary N) is 2. The second kappa shape index (κ2) is 8.62. The average molecular weight is 357 g/mol. The van der Waals surface area contributed by atoms with E-state index in [1.165, 1.54) is 6.39 Å². The summed E-state index contributed by atoms with van der Waals surface area (Å²) in [4.78, 5) is 28.2. The molecule has 0 aliphatic carbocycles. The number of benzene rings is 1. The molecule has 7 nitrogen and oxygen atoms in total. The third-order valence-electron chi connectivity index (χ3n) is 4.17. The van der Waals surface area contributed by atoms with Crippen molar-refractivity contribution in [1.82, 2.24) is 10.3 Å². The maximum atomic E-state index is 12.4. The highest BCUT2D eigenvalue weighted by molar-refractivity contribution is 5.93. The summed E-state index contributed by atoms with van der Waals surface area (Å²) in [6.45, 7) is 2.96. The van der Waals surface area contributed by atoms with Crippen molar-refractivity contribution in [2.24, 2.45) is 0 Å². The summed E-state index contributed by atoms with van der Waals surface area (Å²) in [6.07, 6.45) is 4.13. The summed E-state index contributed by atoms with van der Waals surface area (Å²) >= 11 is 0. The molecule has 0 saturated carbocycles. The number of nitrogens with zero attached hydrogens (tertiary/aromatic N) is 1. The van der Waals surface area contributed by atoms with E-state index in [1.54, 1.807) is 0 Å². The Kier molecular flexibility index (Phi) is 6.01. The maximum absolute atomic E-state index is 12.4. The van der Waals surface area contributed by atoms with Gasteiger partial charge in [-0.05, 0) is 37.0 Å². The second-order valence-corrected chi connectivity index (χ2v) is 6.25. The zero-order valence-corrected chi connectivity index (χ0v) is 14.8. The van der Waals surface area contributed by atoms with Gasteiger partial charge < -0.3 is 19.8 Å². The van der Waals surface area contributed by atoms with Crippen molar-refractivity contribution in [2.45, 2.75) is 45.3 Å². The largest absolute Gasteiger partial charge is 0.445 e. The smallest absolute Gasteiger partial charge is 0.273 e. The molecule has 1 aliphatic heterocycles. The van der Waals surface area contributed by atoms with Crippen molar-refractivity contribution in [3.8, 4) is 0 Å². The molecule has 0 bridgehead atoms. The first kappa shape index (κ1) is 18.1. The highest BCUT2D eigenvalue weighted by Gasteiger charge is 2.27. The molecule has 1 aliphatic rings. The predicted octanol–water partition coefficient (Wildman–Crippen LogP) is 3.19. The van der Waals surface area contributed by atoms with Crippen LogP contribution in [0.15, 0.2) is 35.1 Å². The zero-order valence-electron chi connectivity index (χ0n) is 14.8. The summed E-state index contributed by atoms with van der Waals surface area (Å²) in [5.41, 5.74) is 1.87. The van der Waals surface area contributed by atoms with Crippen LogP contribution in [0, 0.1) is 0 Å². The number of hydrogen-bond donors (Lipinski definition) is 2. The molecule has 26 heavy (non-hydrogen) atoms. The predicted molar refractivity (Wildman–Crippen MR) is 95.6 cm³/mol.